The summed E-state index contributed by atoms with van der Waals surface area (Å²) in [6.07, 6.45) is 3.78. The van der Waals surface area contributed by atoms with Crippen molar-refractivity contribution in [2.75, 3.05) is 4.90 Å². The molecule has 1 saturated heterocycles. The van der Waals surface area contributed by atoms with Crippen LogP contribution in [0.25, 0.3) is 17.0 Å². The third-order valence-corrected chi connectivity index (χ3v) is 4.52. The second kappa shape index (κ2) is 6.19. The maximum atomic E-state index is 12.8. The van der Waals surface area contributed by atoms with Gasteiger partial charge in [0, 0.05) is 28.7 Å². The van der Waals surface area contributed by atoms with Crippen LogP contribution < -0.4 is 10.2 Å². The van der Waals surface area contributed by atoms with Crippen molar-refractivity contribution in [1.82, 2.24) is 9.88 Å². The van der Waals surface area contributed by atoms with Gasteiger partial charge in [0.05, 0.1) is 5.69 Å². The molecule has 5 heteroatoms. The van der Waals surface area contributed by atoms with Gasteiger partial charge >= 0.3 is 6.03 Å². The molecule has 2 aromatic carbocycles. The molecule has 0 aliphatic carbocycles. The molecule has 4 rings (SSSR count). The topological polar surface area (TPSA) is 54.3 Å². The molecule has 2 heterocycles. The first-order valence-corrected chi connectivity index (χ1v) is 8.58. The minimum atomic E-state index is -0.431. The van der Waals surface area contributed by atoms with Gasteiger partial charge in [-0.3, -0.25) is 4.79 Å². The van der Waals surface area contributed by atoms with Gasteiger partial charge in [0.1, 0.15) is 5.70 Å². The zero-order valence-electron chi connectivity index (χ0n) is 14.6. The fourth-order valence-corrected chi connectivity index (χ4v) is 3.28. The van der Waals surface area contributed by atoms with Crippen molar-refractivity contribution in [3.63, 3.8) is 0 Å². The molecule has 0 spiro atoms. The molecule has 0 radical (unpaired) electrons. The third-order valence-electron chi connectivity index (χ3n) is 4.52. The zero-order chi connectivity index (χ0) is 18.3. The van der Waals surface area contributed by atoms with Crippen LogP contribution in [0.4, 0.5) is 10.5 Å². The zero-order valence-corrected chi connectivity index (χ0v) is 14.6. The lowest BCUT2D eigenvalue weighted by molar-refractivity contribution is -0.113. The Morgan fingerprint density at radius 3 is 2.38 bits per heavy atom. The van der Waals surface area contributed by atoms with Crippen LogP contribution in [0.1, 0.15) is 25.5 Å². The number of carbonyl (C=O) groups excluding carboxylic acids is 2. The van der Waals surface area contributed by atoms with E-state index in [4.69, 9.17) is 0 Å². The van der Waals surface area contributed by atoms with E-state index in [-0.39, 0.29) is 11.6 Å². The monoisotopic (exact) mass is 345 g/mol. The molecule has 1 fully saturated rings. The molecule has 5 nitrogen and oxygen atoms in total. The Kier molecular flexibility index (Phi) is 3.84. The lowest BCUT2D eigenvalue weighted by Crippen LogP contribution is -2.30. The van der Waals surface area contributed by atoms with E-state index in [1.54, 1.807) is 30.3 Å². The molecule has 0 unspecified atom stereocenters. The average molecular weight is 345 g/mol. The highest BCUT2D eigenvalue weighted by molar-refractivity contribution is 6.28. The molecular formula is C21H19N3O2. The largest absolute Gasteiger partial charge is 0.344 e. The van der Waals surface area contributed by atoms with Gasteiger partial charge in [-0.05, 0) is 38.1 Å². The molecule has 26 heavy (non-hydrogen) atoms. The van der Waals surface area contributed by atoms with Crippen molar-refractivity contribution in [2.24, 2.45) is 0 Å². The fraction of sp³-hybridized carbons (Fsp3) is 0.143. The highest BCUT2D eigenvalue weighted by Crippen LogP contribution is 2.28. The highest BCUT2D eigenvalue weighted by Gasteiger charge is 2.34. The van der Waals surface area contributed by atoms with Crippen molar-refractivity contribution >= 4 is 34.6 Å². The minimum Gasteiger partial charge on any atom is -0.344 e. The summed E-state index contributed by atoms with van der Waals surface area (Å²) in [7, 11) is 0. The van der Waals surface area contributed by atoms with E-state index in [9.17, 15) is 9.59 Å². The lowest BCUT2D eigenvalue weighted by atomic mass is 10.1. The predicted molar refractivity (Wildman–Crippen MR) is 103 cm³/mol. The van der Waals surface area contributed by atoms with E-state index < -0.39 is 6.03 Å². The number of para-hydroxylation sites is 2. The molecule has 1 aliphatic rings. The van der Waals surface area contributed by atoms with Crippen molar-refractivity contribution in [2.45, 2.75) is 19.9 Å². The van der Waals surface area contributed by atoms with Crippen LogP contribution in [-0.4, -0.2) is 16.5 Å². The summed E-state index contributed by atoms with van der Waals surface area (Å²) in [6, 6.07) is 16.8. The highest BCUT2D eigenvalue weighted by atomic mass is 16.2. The molecule has 1 aromatic heterocycles. The van der Waals surface area contributed by atoms with Gasteiger partial charge in [-0.2, -0.15) is 0 Å². The van der Waals surface area contributed by atoms with Gasteiger partial charge in [0.2, 0.25) is 0 Å². The Balaban J connectivity index is 1.77. The number of rotatable bonds is 3. The second-order valence-corrected chi connectivity index (χ2v) is 6.57. The van der Waals surface area contributed by atoms with Crippen LogP contribution in [0.2, 0.25) is 0 Å². The average Bonchev–Trinajstić information content (AvgIpc) is 3.14. The predicted octanol–water partition coefficient (Wildman–Crippen LogP) is 4.32. The van der Waals surface area contributed by atoms with Crippen LogP contribution in [0.3, 0.4) is 0 Å². The van der Waals surface area contributed by atoms with Gasteiger partial charge in [-0.25, -0.2) is 9.69 Å². The first kappa shape index (κ1) is 16.1. The first-order chi connectivity index (χ1) is 12.6. The minimum absolute atomic E-state index is 0.283. The number of fused-ring (bicyclic) bond motifs is 1. The lowest BCUT2D eigenvalue weighted by Gasteiger charge is -2.10. The summed E-state index contributed by atoms with van der Waals surface area (Å²) in [5.74, 6) is -0.345. The van der Waals surface area contributed by atoms with E-state index in [1.807, 2.05) is 30.5 Å². The summed E-state index contributed by atoms with van der Waals surface area (Å²) in [5.41, 5.74) is 2.85. The number of aromatic nitrogens is 1. The fourth-order valence-electron chi connectivity index (χ4n) is 3.28. The van der Waals surface area contributed by atoms with Crippen LogP contribution in [-0.2, 0) is 4.79 Å². The van der Waals surface area contributed by atoms with Crippen molar-refractivity contribution in [3.8, 4) is 0 Å². The summed E-state index contributed by atoms with van der Waals surface area (Å²) < 4.78 is 2.16. The maximum absolute atomic E-state index is 12.8. The van der Waals surface area contributed by atoms with Crippen LogP contribution in [0.5, 0.6) is 0 Å². The molecule has 3 aromatic rings. The summed E-state index contributed by atoms with van der Waals surface area (Å²) in [5, 5.41) is 3.74. The summed E-state index contributed by atoms with van der Waals surface area (Å²) in [6.45, 7) is 4.23. The molecular weight excluding hydrogens is 326 g/mol. The number of anilines is 1. The van der Waals surface area contributed by atoms with E-state index in [1.165, 1.54) is 0 Å². The van der Waals surface area contributed by atoms with Crippen molar-refractivity contribution in [1.29, 1.82) is 0 Å². The van der Waals surface area contributed by atoms with Gasteiger partial charge in [-0.15, -0.1) is 0 Å². The molecule has 1 aliphatic heterocycles. The number of urea groups is 1. The maximum Gasteiger partial charge on any atom is 0.333 e. The summed E-state index contributed by atoms with van der Waals surface area (Å²) in [4.78, 5) is 26.2. The first-order valence-electron chi connectivity index (χ1n) is 8.58. The quantitative estimate of drug-likeness (QED) is 0.568. The van der Waals surface area contributed by atoms with Crippen LogP contribution >= 0.6 is 0 Å². The number of imide groups is 1. The smallest absolute Gasteiger partial charge is 0.333 e. The Bertz CT molecular complexity index is 1030. The number of nitrogens with zero attached hydrogens (tertiary/aromatic N) is 2. The molecule has 1 N–H and O–H groups in total. The molecule has 3 amide bonds. The van der Waals surface area contributed by atoms with Crippen LogP contribution in [0.15, 0.2) is 66.5 Å². The molecule has 130 valence electrons. The Labute approximate surface area is 151 Å². The number of hydrogen-bond acceptors (Lipinski definition) is 2. The van der Waals surface area contributed by atoms with Crippen molar-refractivity contribution < 1.29 is 9.59 Å². The van der Waals surface area contributed by atoms with E-state index in [0.717, 1.165) is 21.4 Å². The SMILES string of the molecule is CC(C)n1cc(/C=C2/NC(=O)N(c3ccccc3)C2=O)c2ccccc21. The second-order valence-electron chi connectivity index (χ2n) is 6.57. The number of benzene rings is 2. The number of carbonyl (C=O) groups is 2. The van der Waals surface area contributed by atoms with Crippen LogP contribution in [0, 0.1) is 0 Å². The normalized spacial score (nSPS) is 16.1. The Morgan fingerprint density at radius 2 is 1.65 bits per heavy atom. The van der Waals surface area contributed by atoms with Gasteiger partial charge < -0.3 is 9.88 Å². The molecule has 0 saturated carbocycles. The molecule has 0 atom stereocenters. The van der Waals surface area contributed by atoms with Gasteiger partial charge in [0.15, 0.2) is 0 Å². The van der Waals surface area contributed by atoms with E-state index >= 15 is 0 Å². The number of amides is 3. The van der Waals surface area contributed by atoms with Crippen molar-refractivity contribution in [3.05, 3.63) is 72.1 Å². The number of hydrogen-bond donors (Lipinski definition) is 1. The Hall–Kier alpha value is -3.34. The summed E-state index contributed by atoms with van der Waals surface area (Å²) >= 11 is 0. The van der Waals surface area contributed by atoms with E-state index in [2.05, 4.69) is 29.8 Å². The third kappa shape index (κ3) is 2.58. The Morgan fingerprint density at radius 1 is 0.962 bits per heavy atom. The molecule has 0 bridgehead atoms. The van der Waals surface area contributed by atoms with Gasteiger partial charge in [0.25, 0.3) is 5.91 Å². The van der Waals surface area contributed by atoms with E-state index in [0.29, 0.717) is 11.7 Å². The standard InChI is InChI=1S/C21H19N3O2/c1-14(2)23-13-15(17-10-6-7-11-19(17)23)12-18-20(25)24(21(26)22-18)16-8-4-3-5-9-16/h3-14H,1-2H3,(H,22,26)/b18-12+. The van der Waals surface area contributed by atoms with Gasteiger partial charge in [-0.1, -0.05) is 36.4 Å². The number of nitrogens with one attached hydrogen (secondary N) is 1.